The minimum absolute atomic E-state index is 0.333. The van der Waals surface area contributed by atoms with Gasteiger partial charge in [-0.3, -0.25) is 0 Å². The number of ether oxygens (including phenoxy) is 2. The number of rotatable bonds is 5. The van der Waals surface area contributed by atoms with E-state index in [9.17, 15) is 4.79 Å². The van der Waals surface area contributed by atoms with Crippen molar-refractivity contribution in [1.29, 1.82) is 0 Å². The maximum absolute atomic E-state index is 10.3. The molecule has 0 fully saturated rings. The van der Waals surface area contributed by atoms with Crippen LogP contribution in [0.1, 0.15) is 5.56 Å². The zero-order valence-electron chi connectivity index (χ0n) is 7.90. The Morgan fingerprint density at radius 2 is 2.14 bits per heavy atom. The molecule has 1 aromatic rings. The monoisotopic (exact) mass is 196 g/mol. The van der Waals surface area contributed by atoms with Crippen LogP contribution in [0.3, 0.4) is 0 Å². The van der Waals surface area contributed by atoms with Gasteiger partial charge in [-0.15, -0.1) is 0 Å². The van der Waals surface area contributed by atoms with Gasteiger partial charge in [0.05, 0.1) is 6.61 Å². The van der Waals surface area contributed by atoms with Crippen molar-refractivity contribution in [3.63, 3.8) is 0 Å². The first-order valence-electron chi connectivity index (χ1n) is 4.15. The lowest BCUT2D eigenvalue weighted by atomic mass is 10.2. The van der Waals surface area contributed by atoms with E-state index in [0.717, 1.165) is 5.56 Å². The maximum Gasteiger partial charge on any atom is 0.341 e. The fourth-order valence-corrected chi connectivity index (χ4v) is 1.06. The van der Waals surface area contributed by atoms with Gasteiger partial charge in [-0.25, -0.2) is 4.79 Å². The van der Waals surface area contributed by atoms with Crippen molar-refractivity contribution >= 4 is 5.97 Å². The van der Waals surface area contributed by atoms with Gasteiger partial charge >= 0.3 is 5.97 Å². The van der Waals surface area contributed by atoms with Crippen molar-refractivity contribution in [2.75, 3.05) is 13.7 Å². The van der Waals surface area contributed by atoms with Crippen LogP contribution in [0.25, 0.3) is 0 Å². The van der Waals surface area contributed by atoms with E-state index in [1.165, 1.54) is 0 Å². The summed E-state index contributed by atoms with van der Waals surface area (Å²) in [6.07, 6.45) is 0. The van der Waals surface area contributed by atoms with E-state index in [2.05, 4.69) is 0 Å². The van der Waals surface area contributed by atoms with Gasteiger partial charge < -0.3 is 14.6 Å². The standard InChI is InChI=1S/C10H12O4/c1-13-6-8-4-2-3-5-9(8)14-7-10(11)12/h2-5H,6-7H2,1H3,(H,11,12). The smallest absolute Gasteiger partial charge is 0.341 e. The molecule has 1 N–H and O–H groups in total. The lowest BCUT2D eigenvalue weighted by molar-refractivity contribution is -0.139. The van der Waals surface area contributed by atoms with Crippen LogP contribution in [0.4, 0.5) is 0 Å². The molecule has 0 atom stereocenters. The summed E-state index contributed by atoms with van der Waals surface area (Å²) < 4.78 is 10.0. The van der Waals surface area contributed by atoms with Gasteiger partial charge in [0.1, 0.15) is 5.75 Å². The molecule has 1 aromatic carbocycles. The van der Waals surface area contributed by atoms with Crippen molar-refractivity contribution in [2.45, 2.75) is 6.61 Å². The van der Waals surface area contributed by atoms with E-state index < -0.39 is 5.97 Å². The summed E-state index contributed by atoms with van der Waals surface area (Å²) in [6.45, 7) is 0.0799. The van der Waals surface area contributed by atoms with Crippen LogP contribution < -0.4 is 4.74 Å². The molecule has 0 saturated heterocycles. The normalized spacial score (nSPS) is 9.79. The predicted octanol–water partition coefficient (Wildman–Crippen LogP) is 1.30. The van der Waals surface area contributed by atoms with Gasteiger partial charge in [-0.2, -0.15) is 0 Å². The number of para-hydroxylation sites is 1. The third-order valence-electron chi connectivity index (χ3n) is 1.62. The van der Waals surface area contributed by atoms with Crippen LogP contribution in [0, 0.1) is 0 Å². The number of hydrogen-bond acceptors (Lipinski definition) is 3. The van der Waals surface area contributed by atoms with Gasteiger partial charge in [0.25, 0.3) is 0 Å². The quantitative estimate of drug-likeness (QED) is 0.771. The van der Waals surface area contributed by atoms with Crippen LogP contribution in [0.5, 0.6) is 5.75 Å². The predicted molar refractivity (Wildman–Crippen MR) is 50.3 cm³/mol. The molecule has 0 aliphatic heterocycles. The molecule has 0 unspecified atom stereocenters. The summed E-state index contributed by atoms with van der Waals surface area (Å²) in [7, 11) is 1.58. The van der Waals surface area contributed by atoms with Crippen LogP contribution >= 0.6 is 0 Å². The first-order valence-corrected chi connectivity index (χ1v) is 4.15. The van der Waals surface area contributed by atoms with Gasteiger partial charge in [-0.1, -0.05) is 18.2 Å². The number of carboxylic acid groups (broad SMARTS) is 1. The van der Waals surface area contributed by atoms with Crippen molar-refractivity contribution in [3.8, 4) is 5.75 Å². The molecule has 0 saturated carbocycles. The van der Waals surface area contributed by atoms with Crippen molar-refractivity contribution in [1.82, 2.24) is 0 Å². The van der Waals surface area contributed by atoms with E-state index in [4.69, 9.17) is 14.6 Å². The van der Waals surface area contributed by atoms with Crippen LogP contribution in [0.15, 0.2) is 24.3 Å². The fourth-order valence-electron chi connectivity index (χ4n) is 1.06. The highest BCUT2D eigenvalue weighted by atomic mass is 16.5. The minimum Gasteiger partial charge on any atom is -0.482 e. The van der Waals surface area contributed by atoms with E-state index >= 15 is 0 Å². The van der Waals surface area contributed by atoms with E-state index in [1.54, 1.807) is 19.2 Å². The number of carbonyl (C=O) groups is 1. The Balaban J connectivity index is 2.68. The molecule has 0 aliphatic carbocycles. The SMILES string of the molecule is COCc1ccccc1OCC(=O)O. The second kappa shape index (κ2) is 5.24. The van der Waals surface area contributed by atoms with Gasteiger partial charge in [0, 0.05) is 12.7 Å². The minimum atomic E-state index is -0.989. The zero-order chi connectivity index (χ0) is 10.4. The Labute approximate surface area is 82.1 Å². The molecule has 4 nitrogen and oxygen atoms in total. The van der Waals surface area contributed by atoms with Crippen molar-refractivity contribution in [3.05, 3.63) is 29.8 Å². The number of methoxy groups -OCH3 is 1. The molecule has 0 amide bonds. The third kappa shape index (κ3) is 3.06. The molecular formula is C10H12O4. The Morgan fingerprint density at radius 1 is 1.43 bits per heavy atom. The molecule has 14 heavy (non-hydrogen) atoms. The summed E-state index contributed by atoms with van der Waals surface area (Å²) in [4.78, 5) is 10.3. The Morgan fingerprint density at radius 3 is 2.79 bits per heavy atom. The summed E-state index contributed by atoms with van der Waals surface area (Å²) >= 11 is 0. The van der Waals surface area contributed by atoms with E-state index in [1.807, 2.05) is 12.1 Å². The van der Waals surface area contributed by atoms with Crippen molar-refractivity contribution < 1.29 is 19.4 Å². The number of benzene rings is 1. The number of carboxylic acids is 1. The highest BCUT2D eigenvalue weighted by Crippen LogP contribution is 2.18. The van der Waals surface area contributed by atoms with Gasteiger partial charge in [-0.05, 0) is 6.07 Å². The van der Waals surface area contributed by atoms with Crippen LogP contribution in [0.2, 0.25) is 0 Å². The Hall–Kier alpha value is -1.55. The fraction of sp³-hybridized carbons (Fsp3) is 0.300. The molecular weight excluding hydrogens is 184 g/mol. The number of hydrogen-bond donors (Lipinski definition) is 1. The molecule has 0 bridgehead atoms. The third-order valence-corrected chi connectivity index (χ3v) is 1.62. The topological polar surface area (TPSA) is 55.8 Å². The molecule has 0 heterocycles. The van der Waals surface area contributed by atoms with Crippen LogP contribution in [-0.2, 0) is 16.1 Å². The first kappa shape index (κ1) is 10.5. The second-order valence-electron chi connectivity index (χ2n) is 2.72. The molecule has 1 rings (SSSR count). The second-order valence-corrected chi connectivity index (χ2v) is 2.72. The van der Waals surface area contributed by atoms with Crippen LogP contribution in [-0.4, -0.2) is 24.8 Å². The average Bonchev–Trinajstić information content (AvgIpc) is 2.17. The van der Waals surface area contributed by atoms with Gasteiger partial charge in [0.2, 0.25) is 0 Å². The first-order chi connectivity index (χ1) is 6.74. The molecule has 4 heteroatoms. The Kier molecular flexibility index (Phi) is 3.94. The Bertz CT molecular complexity index is 309. The summed E-state index contributed by atoms with van der Waals surface area (Å²) in [6, 6.07) is 7.19. The summed E-state index contributed by atoms with van der Waals surface area (Å²) in [5.74, 6) is -0.436. The molecule has 0 aromatic heterocycles. The maximum atomic E-state index is 10.3. The van der Waals surface area contributed by atoms with Gasteiger partial charge in [0.15, 0.2) is 6.61 Å². The summed E-state index contributed by atoms with van der Waals surface area (Å²) in [5.41, 5.74) is 0.844. The summed E-state index contributed by atoms with van der Waals surface area (Å²) in [5, 5.41) is 8.44. The molecule has 0 spiro atoms. The van der Waals surface area contributed by atoms with E-state index in [-0.39, 0.29) is 6.61 Å². The largest absolute Gasteiger partial charge is 0.482 e. The zero-order valence-corrected chi connectivity index (χ0v) is 7.90. The average molecular weight is 196 g/mol. The molecule has 0 radical (unpaired) electrons. The molecule has 0 aliphatic rings. The lowest BCUT2D eigenvalue weighted by Crippen LogP contribution is -2.10. The number of aliphatic carboxylic acids is 1. The lowest BCUT2D eigenvalue weighted by Gasteiger charge is -2.08. The highest BCUT2D eigenvalue weighted by molar-refractivity contribution is 5.68. The highest BCUT2D eigenvalue weighted by Gasteiger charge is 2.04. The van der Waals surface area contributed by atoms with E-state index in [0.29, 0.717) is 12.4 Å². The van der Waals surface area contributed by atoms with Crippen molar-refractivity contribution in [2.24, 2.45) is 0 Å². The molecule has 76 valence electrons.